The van der Waals surface area contributed by atoms with E-state index in [4.69, 9.17) is 10.1 Å². The van der Waals surface area contributed by atoms with Crippen molar-refractivity contribution in [1.82, 2.24) is 14.8 Å². The molecule has 1 fully saturated rings. The number of hydrogen-bond donors (Lipinski definition) is 1. The number of fused-ring (bicyclic) bond motifs is 1. The van der Waals surface area contributed by atoms with E-state index in [1.165, 1.54) is 31.0 Å². The predicted octanol–water partition coefficient (Wildman–Crippen LogP) is 5.17. The summed E-state index contributed by atoms with van der Waals surface area (Å²) < 4.78 is 1.94. The molecule has 1 saturated carbocycles. The highest BCUT2D eigenvalue weighted by Crippen LogP contribution is 2.38. The molecule has 2 heterocycles. The van der Waals surface area contributed by atoms with Crippen LogP contribution in [0.2, 0.25) is 0 Å². The van der Waals surface area contributed by atoms with E-state index in [0.29, 0.717) is 22.4 Å². The van der Waals surface area contributed by atoms with Gasteiger partial charge in [0, 0.05) is 5.92 Å². The molecule has 0 saturated heterocycles. The summed E-state index contributed by atoms with van der Waals surface area (Å²) >= 11 is 1.33. The molecule has 2 aliphatic rings. The first-order valence-electron chi connectivity index (χ1n) is 11.8. The highest BCUT2D eigenvalue weighted by atomic mass is 32.2. The fraction of sp³-hybridized carbons (Fsp3) is 0.385. The molecule has 1 aromatic heterocycles. The minimum absolute atomic E-state index is 0.146. The minimum atomic E-state index is -0.990. The van der Waals surface area contributed by atoms with E-state index in [0.717, 1.165) is 24.4 Å². The average molecular weight is 476 g/mol. The summed E-state index contributed by atoms with van der Waals surface area (Å²) in [6.07, 6.45) is 5.91. The smallest absolute Gasteiger partial charge is 0.250 e. The monoisotopic (exact) mass is 475 g/mol. The maximum Gasteiger partial charge on any atom is 0.250 e. The van der Waals surface area contributed by atoms with Gasteiger partial charge in [0.05, 0.1) is 22.8 Å². The molecule has 2 aromatic carbocycles. The topological polar surface area (TPSA) is 80.1 Å². The Morgan fingerprint density at radius 3 is 2.53 bits per heavy atom. The molecule has 34 heavy (non-hydrogen) atoms. The molecule has 5 rings (SSSR count). The number of anilines is 2. The van der Waals surface area contributed by atoms with Crippen LogP contribution in [0.15, 0.2) is 59.8 Å². The van der Waals surface area contributed by atoms with Crippen molar-refractivity contribution in [3.63, 3.8) is 0 Å². The van der Waals surface area contributed by atoms with Crippen LogP contribution in [0.5, 0.6) is 0 Å². The lowest BCUT2D eigenvalue weighted by atomic mass is 9.88. The fourth-order valence-electron chi connectivity index (χ4n) is 4.84. The van der Waals surface area contributed by atoms with Crippen molar-refractivity contribution < 1.29 is 9.59 Å². The molecular weight excluding hydrogens is 446 g/mol. The molecule has 1 aliphatic heterocycles. The molecule has 176 valence electrons. The van der Waals surface area contributed by atoms with Crippen LogP contribution in [0.1, 0.15) is 57.7 Å². The maximum absolute atomic E-state index is 13.4. The van der Waals surface area contributed by atoms with Crippen molar-refractivity contribution in [2.24, 2.45) is 0 Å². The number of nitrogens with zero attached hydrogens (tertiary/aromatic N) is 4. The molecule has 2 amide bonds. The van der Waals surface area contributed by atoms with Gasteiger partial charge in [0.2, 0.25) is 17.0 Å². The summed E-state index contributed by atoms with van der Waals surface area (Å²) in [5, 5.41) is 8.28. The third-order valence-corrected chi connectivity index (χ3v) is 7.49. The van der Waals surface area contributed by atoms with Gasteiger partial charge < -0.3 is 5.32 Å². The highest BCUT2D eigenvalue weighted by Gasteiger charge is 2.43. The number of rotatable bonds is 5. The van der Waals surface area contributed by atoms with E-state index in [1.54, 1.807) is 18.7 Å². The molecule has 8 heteroatoms. The Kier molecular flexibility index (Phi) is 6.16. The Morgan fingerprint density at radius 2 is 1.76 bits per heavy atom. The molecule has 3 aromatic rings. The first kappa shape index (κ1) is 22.7. The summed E-state index contributed by atoms with van der Waals surface area (Å²) in [7, 11) is 0. The lowest BCUT2D eigenvalue weighted by molar-refractivity contribution is -0.125. The molecule has 1 aliphatic carbocycles. The van der Waals surface area contributed by atoms with Crippen LogP contribution in [0.4, 0.5) is 11.4 Å². The van der Waals surface area contributed by atoms with Crippen LogP contribution in [0.3, 0.4) is 0 Å². The maximum atomic E-state index is 13.4. The third kappa shape index (κ3) is 4.22. The number of carbonyl (C=O) groups excluding carboxylic acids is 2. The van der Waals surface area contributed by atoms with E-state index in [1.807, 2.05) is 59.3 Å². The van der Waals surface area contributed by atoms with Crippen LogP contribution in [0, 0.1) is 0 Å². The van der Waals surface area contributed by atoms with Gasteiger partial charge in [-0.1, -0.05) is 61.4 Å². The number of aromatic nitrogens is 3. The van der Waals surface area contributed by atoms with Crippen molar-refractivity contribution in [2.75, 3.05) is 16.0 Å². The molecule has 0 unspecified atom stereocenters. The number of nitrogens with one attached hydrogen (secondary N) is 1. The van der Waals surface area contributed by atoms with Gasteiger partial charge in [0.1, 0.15) is 11.4 Å². The van der Waals surface area contributed by atoms with Crippen molar-refractivity contribution in [3.05, 3.63) is 60.4 Å². The number of hydrogen-bond acceptors (Lipinski definition) is 5. The van der Waals surface area contributed by atoms with E-state index in [9.17, 15) is 9.59 Å². The molecule has 7 nitrogen and oxygen atoms in total. The third-order valence-electron chi connectivity index (χ3n) is 6.67. The van der Waals surface area contributed by atoms with Crippen molar-refractivity contribution in [1.29, 1.82) is 0 Å². The van der Waals surface area contributed by atoms with Gasteiger partial charge in [0.15, 0.2) is 0 Å². The van der Waals surface area contributed by atoms with Gasteiger partial charge in [-0.25, -0.2) is 9.67 Å². The lowest BCUT2D eigenvalue weighted by Crippen LogP contribution is -2.58. The first-order chi connectivity index (χ1) is 16.4. The highest BCUT2D eigenvalue weighted by molar-refractivity contribution is 7.99. The van der Waals surface area contributed by atoms with Crippen LogP contribution in [-0.2, 0) is 9.59 Å². The summed E-state index contributed by atoms with van der Waals surface area (Å²) in [4.78, 5) is 32.6. The molecule has 1 N–H and O–H groups in total. The minimum Gasteiger partial charge on any atom is -0.322 e. The average Bonchev–Trinajstić information content (AvgIpc) is 3.29. The van der Waals surface area contributed by atoms with Crippen LogP contribution >= 0.6 is 11.8 Å². The Hall–Kier alpha value is -3.13. The van der Waals surface area contributed by atoms with Gasteiger partial charge in [-0.15, -0.1) is 5.10 Å². The quantitative estimate of drug-likeness (QED) is 0.515. The number of benzene rings is 2. The largest absolute Gasteiger partial charge is 0.322 e. The molecular formula is C26H29N5O2S. The van der Waals surface area contributed by atoms with Crippen LogP contribution in [-0.4, -0.2) is 37.9 Å². The van der Waals surface area contributed by atoms with E-state index in [-0.39, 0.29) is 17.6 Å². The van der Waals surface area contributed by atoms with E-state index < -0.39 is 5.54 Å². The van der Waals surface area contributed by atoms with Crippen molar-refractivity contribution in [3.8, 4) is 5.69 Å². The van der Waals surface area contributed by atoms with Gasteiger partial charge in [-0.3, -0.25) is 14.5 Å². The first-order valence-corrected chi connectivity index (χ1v) is 12.8. The lowest BCUT2D eigenvalue weighted by Gasteiger charge is -2.42. The van der Waals surface area contributed by atoms with Crippen molar-refractivity contribution in [2.45, 2.75) is 62.6 Å². The SMILES string of the molecule is CC1(C)C(=O)Nc2ccccc2N1C(=O)CSc1nc(C2CCCCC2)n(-c2ccccc2)n1. The number of carbonyl (C=O) groups is 2. The van der Waals surface area contributed by atoms with Crippen LogP contribution < -0.4 is 10.2 Å². The second kappa shape index (κ2) is 9.25. The van der Waals surface area contributed by atoms with Gasteiger partial charge in [-0.2, -0.15) is 0 Å². The molecule has 0 bridgehead atoms. The predicted molar refractivity (Wildman–Crippen MR) is 135 cm³/mol. The Balaban J connectivity index is 1.40. The molecule has 0 radical (unpaired) electrons. The second-order valence-electron chi connectivity index (χ2n) is 9.38. The summed E-state index contributed by atoms with van der Waals surface area (Å²) in [6.45, 7) is 3.54. The Labute approximate surface area is 203 Å². The fourth-order valence-corrected chi connectivity index (χ4v) is 5.52. The van der Waals surface area contributed by atoms with Gasteiger partial charge in [0.25, 0.3) is 0 Å². The number of amides is 2. The zero-order valence-electron chi connectivity index (χ0n) is 19.5. The zero-order valence-corrected chi connectivity index (χ0v) is 20.3. The Bertz CT molecular complexity index is 1200. The van der Waals surface area contributed by atoms with E-state index in [2.05, 4.69) is 5.32 Å². The summed E-state index contributed by atoms with van der Waals surface area (Å²) in [6, 6.07) is 17.5. The van der Waals surface area contributed by atoms with Gasteiger partial charge >= 0.3 is 0 Å². The van der Waals surface area contributed by atoms with E-state index >= 15 is 0 Å². The van der Waals surface area contributed by atoms with Crippen molar-refractivity contribution >= 4 is 35.0 Å². The Morgan fingerprint density at radius 1 is 1.06 bits per heavy atom. The second-order valence-corrected chi connectivity index (χ2v) is 10.3. The standard InChI is InChI=1S/C26H29N5O2S/c1-26(2)24(33)27-20-15-9-10-16-21(20)30(26)22(32)17-34-25-28-23(18-11-5-3-6-12-18)31(29-25)19-13-7-4-8-14-19/h4,7-10,13-16,18H,3,5-6,11-12,17H2,1-2H3,(H,27,33). The molecule has 0 spiro atoms. The summed E-state index contributed by atoms with van der Waals surface area (Å²) in [5.41, 5.74) is 1.35. The number of thioether (sulfide) groups is 1. The summed E-state index contributed by atoms with van der Waals surface area (Å²) in [5.74, 6) is 1.16. The normalized spacial score (nSPS) is 17.8. The number of para-hydroxylation sites is 3. The molecule has 0 atom stereocenters. The van der Waals surface area contributed by atoms with Crippen LogP contribution in [0.25, 0.3) is 5.69 Å². The zero-order chi connectivity index (χ0) is 23.7. The van der Waals surface area contributed by atoms with Gasteiger partial charge in [-0.05, 0) is 51.0 Å².